The molecule has 0 radical (unpaired) electrons. The van der Waals surface area contributed by atoms with Crippen molar-refractivity contribution < 1.29 is 9.47 Å². The van der Waals surface area contributed by atoms with E-state index < -0.39 is 0 Å². The van der Waals surface area contributed by atoms with Crippen molar-refractivity contribution in [3.8, 4) is 11.6 Å². The lowest BCUT2D eigenvalue weighted by Crippen LogP contribution is -2.42. The van der Waals surface area contributed by atoms with E-state index in [4.69, 9.17) is 9.47 Å². The summed E-state index contributed by atoms with van der Waals surface area (Å²) < 4.78 is 11.7. The van der Waals surface area contributed by atoms with Gasteiger partial charge in [0, 0.05) is 37.9 Å². The van der Waals surface area contributed by atoms with E-state index in [9.17, 15) is 0 Å². The number of benzene rings is 1. The van der Waals surface area contributed by atoms with Crippen LogP contribution in [0, 0.1) is 0 Å². The molecule has 5 rings (SSSR count). The number of hydrogen-bond donors (Lipinski definition) is 1. The third kappa shape index (κ3) is 2.54. The highest BCUT2D eigenvalue weighted by atomic mass is 16.6. The number of fused-ring (bicyclic) bond motifs is 3. The molecule has 5 heteroatoms. The molecule has 2 bridgehead atoms. The molecule has 1 N–H and O–H groups in total. The summed E-state index contributed by atoms with van der Waals surface area (Å²) in [6.45, 7) is 3.88. The summed E-state index contributed by atoms with van der Waals surface area (Å²) in [7, 11) is 0. The number of pyridine rings is 1. The number of likely N-dealkylation sites (tertiary alicyclic amines) is 1. The summed E-state index contributed by atoms with van der Waals surface area (Å²) >= 11 is 0. The van der Waals surface area contributed by atoms with Gasteiger partial charge in [0.25, 0.3) is 5.88 Å². The molecule has 4 heterocycles. The van der Waals surface area contributed by atoms with E-state index in [-0.39, 0.29) is 6.10 Å². The zero-order valence-corrected chi connectivity index (χ0v) is 13.5. The van der Waals surface area contributed by atoms with Gasteiger partial charge in [0.15, 0.2) is 11.9 Å². The summed E-state index contributed by atoms with van der Waals surface area (Å²) in [6, 6.07) is 13.9. The van der Waals surface area contributed by atoms with Gasteiger partial charge in [-0.3, -0.25) is 4.90 Å². The lowest BCUT2D eigenvalue weighted by atomic mass is 10.1. The van der Waals surface area contributed by atoms with Gasteiger partial charge in [0.1, 0.15) is 6.61 Å². The first kappa shape index (κ1) is 14.3. The fraction of sp³-hybridized carbons (Fsp3) is 0.421. The van der Waals surface area contributed by atoms with Crippen LogP contribution in [0.4, 0.5) is 0 Å². The second-order valence-corrected chi connectivity index (χ2v) is 6.89. The maximum Gasteiger partial charge on any atom is 0.257 e. The van der Waals surface area contributed by atoms with Gasteiger partial charge in [-0.25, -0.2) is 4.98 Å². The van der Waals surface area contributed by atoms with Gasteiger partial charge in [-0.15, -0.1) is 0 Å². The zero-order valence-electron chi connectivity index (χ0n) is 13.5. The third-order valence-electron chi connectivity index (χ3n) is 5.29. The Kier molecular flexibility index (Phi) is 3.42. The lowest BCUT2D eigenvalue weighted by molar-refractivity contribution is 0.0850. The normalized spacial score (nSPS) is 28.2. The highest BCUT2D eigenvalue weighted by Crippen LogP contribution is 2.34. The van der Waals surface area contributed by atoms with Crippen molar-refractivity contribution in [2.75, 3.05) is 19.7 Å². The largest absolute Gasteiger partial charge is 0.484 e. The van der Waals surface area contributed by atoms with Crippen LogP contribution in [0.1, 0.15) is 23.7 Å². The number of piperazine rings is 1. The summed E-state index contributed by atoms with van der Waals surface area (Å²) in [4.78, 5) is 6.84. The maximum atomic E-state index is 5.98. The Bertz CT molecular complexity index is 734. The van der Waals surface area contributed by atoms with Gasteiger partial charge in [0.2, 0.25) is 0 Å². The molecule has 1 aromatic heterocycles. The molecule has 24 heavy (non-hydrogen) atoms. The van der Waals surface area contributed by atoms with Crippen LogP contribution in [0.25, 0.3) is 0 Å². The lowest BCUT2D eigenvalue weighted by Gasteiger charge is -2.28. The van der Waals surface area contributed by atoms with Crippen molar-refractivity contribution in [2.24, 2.45) is 0 Å². The monoisotopic (exact) mass is 323 g/mol. The Labute approximate surface area is 141 Å². The fourth-order valence-electron chi connectivity index (χ4n) is 3.99. The second kappa shape index (κ2) is 5.76. The van der Waals surface area contributed by atoms with Crippen LogP contribution >= 0.6 is 0 Å². The van der Waals surface area contributed by atoms with E-state index >= 15 is 0 Å². The molecule has 2 saturated heterocycles. The number of nitrogens with zero attached hydrogens (tertiary/aromatic N) is 2. The Morgan fingerprint density at radius 2 is 2.12 bits per heavy atom. The van der Waals surface area contributed by atoms with Crippen molar-refractivity contribution in [1.29, 1.82) is 0 Å². The Morgan fingerprint density at radius 3 is 2.92 bits per heavy atom. The molecule has 0 spiro atoms. The molecule has 0 aliphatic carbocycles. The number of aromatic nitrogens is 1. The molecule has 0 saturated carbocycles. The van der Waals surface area contributed by atoms with Crippen LogP contribution in [0.15, 0.2) is 42.6 Å². The quantitative estimate of drug-likeness (QED) is 0.938. The smallest absolute Gasteiger partial charge is 0.257 e. The zero-order chi connectivity index (χ0) is 15.9. The average Bonchev–Trinajstić information content (AvgIpc) is 3.25. The molecule has 1 aromatic carbocycles. The molecule has 5 nitrogen and oxygen atoms in total. The first-order valence-electron chi connectivity index (χ1n) is 8.66. The van der Waals surface area contributed by atoms with E-state index in [0.29, 0.717) is 24.6 Å². The van der Waals surface area contributed by atoms with Gasteiger partial charge in [-0.05, 0) is 29.7 Å². The molecule has 0 unspecified atom stereocenters. The highest BCUT2D eigenvalue weighted by Gasteiger charge is 2.37. The van der Waals surface area contributed by atoms with E-state index in [1.807, 2.05) is 12.1 Å². The highest BCUT2D eigenvalue weighted by molar-refractivity contribution is 5.36. The number of nitrogens with one attached hydrogen (secondary N) is 1. The van der Waals surface area contributed by atoms with Gasteiger partial charge in [0.05, 0.1) is 0 Å². The van der Waals surface area contributed by atoms with Crippen molar-refractivity contribution in [2.45, 2.75) is 31.2 Å². The molecule has 2 aromatic rings. The van der Waals surface area contributed by atoms with E-state index in [1.165, 1.54) is 18.5 Å². The first-order valence-corrected chi connectivity index (χ1v) is 8.66. The van der Waals surface area contributed by atoms with Gasteiger partial charge in [-0.1, -0.05) is 24.3 Å². The van der Waals surface area contributed by atoms with Gasteiger partial charge >= 0.3 is 0 Å². The molecular formula is C19H21N3O2. The minimum absolute atomic E-state index is 0.0894. The van der Waals surface area contributed by atoms with Crippen LogP contribution in [0.3, 0.4) is 0 Å². The minimum atomic E-state index is -0.0894. The Balaban J connectivity index is 1.27. The first-order chi connectivity index (χ1) is 11.8. The molecule has 3 atom stereocenters. The Morgan fingerprint density at radius 1 is 1.21 bits per heavy atom. The third-order valence-corrected chi connectivity index (χ3v) is 5.29. The topological polar surface area (TPSA) is 46.6 Å². The van der Waals surface area contributed by atoms with Crippen molar-refractivity contribution >= 4 is 0 Å². The van der Waals surface area contributed by atoms with Crippen molar-refractivity contribution in [3.05, 3.63) is 53.7 Å². The summed E-state index contributed by atoms with van der Waals surface area (Å²) in [5.74, 6) is 1.31. The van der Waals surface area contributed by atoms with Crippen LogP contribution < -0.4 is 14.8 Å². The van der Waals surface area contributed by atoms with Gasteiger partial charge in [-0.2, -0.15) is 0 Å². The molecule has 3 aliphatic heterocycles. The molecule has 2 fully saturated rings. The van der Waals surface area contributed by atoms with Gasteiger partial charge < -0.3 is 14.8 Å². The van der Waals surface area contributed by atoms with Crippen LogP contribution in [0.5, 0.6) is 11.6 Å². The van der Waals surface area contributed by atoms with E-state index in [2.05, 4.69) is 39.5 Å². The number of ether oxygens (including phenoxy) is 2. The predicted octanol–water partition coefficient (Wildman–Crippen LogP) is 2.14. The standard InChI is InChI=1S/C19H21N3O2/c1-2-17-19(20-7-1)24-18(12-23-17)14-5-3-13(4-6-14)10-22-11-15-8-16(22)9-21-15/h1-7,15-16,18,21H,8-12H2/t15-,16+,18+/m0/s1. The van der Waals surface area contributed by atoms with Crippen LogP contribution in [-0.4, -0.2) is 41.7 Å². The molecule has 3 aliphatic rings. The van der Waals surface area contributed by atoms with Crippen LogP contribution in [-0.2, 0) is 6.54 Å². The Hall–Kier alpha value is -2.11. The maximum absolute atomic E-state index is 5.98. The van der Waals surface area contributed by atoms with Crippen LogP contribution in [0.2, 0.25) is 0 Å². The SMILES string of the molecule is c1cnc2c(c1)OC[C@H](c1ccc(CN3C[C@@H]4C[C@@H]3CN4)cc1)O2. The van der Waals surface area contributed by atoms with Crippen molar-refractivity contribution in [1.82, 2.24) is 15.2 Å². The van der Waals surface area contributed by atoms with E-state index in [1.54, 1.807) is 6.20 Å². The molecule has 0 amide bonds. The summed E-state index contributed by atoms with van der Waals surface area (Å²) in [6.07, 6.45) is 2.94. The summed E-state index contributed by atoms with van der Waals surface area (Å²) in [5.41, 5.74) is 2.50. The molecule has 124 valence electrons. The van der Waals surface area contributed by atoms with Crippen molar-refractivity contribution in [3.63, 3.8) is 0 Å². The number of hydrogen-bond acceptors (Lipinski definition) is 5. The minimum Gasteiger partial charge on any atom is -0.484 e. The fourth-order valence-corrected chi connectivity index (χ4v) is 3.99. The predicted molar refractivity (Wildman–Crippen MR) is 90.1 cm³/mol. The second-order valence-electron chi connectivity index (χ2n) is 6.89. The van der Waals surface area contributed by atoms with E-state index in [0.717, 1.165) is 24.4 Å². The molecular weight excluding hydrogens is 302 g/mol. The average molecular weight is 323 g/mol. The summed E-state index contributed by atoms with van der Waals surface area (Å²) in [5, 5.41) is 3.55. The number of rotatable bonds is 3.